The van der Waals surface area contributed by atoms with E-state index in [1.54, 1.807) is 6.20 Å². The molecule has 0 radical (unpaired) electrons. The quantitative estimate of drug-likeness (QED) is 0.388. The van der Waals surface area contributed by atoms with Gasteiger partial charge in [-0.3, -0.25) is 29.7 Å². The van der Waals surface area contributed by atoms with Crippen molar-refractivity contribution in [2.45, 2.75) is 13.1 Å². The van der Waals surface area contributed by atoms with Gasteiger partial charge < -0.3 is 14.8 Å². The van der Waals surface area contributed by atoms with Gasteiger partial charge in [0.2, 0.25) is 0 Å². The molecule has 1 aromatic carbocycles. The number of fused-ring (bicyclic) bond motifs is 1. The number of hydrogen-bond donors (Lipinski definition) is 2. The number of pyridine rings is 2. The molecule has 2 fully saturated rings. The number of nitrogens with zero attached hydrogens (tertiary/aromatic N) is 5. The first-order valence-electron chi connectivity index (χ1n) is 13.0. The summed E-state index contributed by atoms with van der Waals surface area (Å²) in [5.74, 6) is -0.280. The fourth-order valence-electron chi connectivity index (χ4n) is 4.97. The zero-order chi connectivity index (χ0) is 25.7. The molecule has 2 saturated heterocycles. The second kappa shape index (κ2) is 11.4. The number of aromatic amines is 1. The van der Waals surface area contributed by atoms with Gasteiger partial charge in [0, 0.05) is 68.8 Å². The number of carbonyl (C=O) groups excluding carboxylic acids is 1. The molecule has 0 unspecified atom stereocenters. The summed E-state index contributed by atoms with van der Waals surface area (Å²) in [6.45, 7) is 8.27. The van der Waals surface area contributed by atoms with Crippen molar-refractivity contribution >= 4 is 22.5 Å². The van der Waals surface area contributed by atoms with Crippen molar-refractivity contribution in [2.75, 3.05) is 57.9 Å². The molecule has 0 saturated carbocycles. The van der Waals surface area contributed by atoms with E-state index in [0.29, 0.717) is 11.4 Å². The number of nitrogens with one attached hydrogen (secondary N) is 2. The lowest BCUT2D eigenvalue weighted by Crippen LogP contribution is -2.35. The number of morpholine rings is 2. The van der Waals surface area contributed by atoms with E-state index in [1.807, 2.05) is 42.9 Å². The highest BCUT2D eigenvalue weighted by Crippen LogP contribution is 2.26. The fraction of sp³-hybridized carbons (Fsp3) is 0.357. The molecular formula is C28H31N7O3. The van der Waals surface area contributed by atoms with Crippen molar-refractivity contribution in [1.82, 2.24) is 30.0 Å². The van der Waals surface area contributed by atoms with Crippen LogP contribution in [0.4, 0.5) is 5.69 Å². The first-order chi connectivity index (χ1) is 18.7. The number of ether oxygens (including phenoxy) is 2. The Morgan fingerprint density at radius 2 is 1.47 bits per heavy atom. The van der Waals surface area contributed by atoms with E-state index in [2.05, 4.69) is 41.3 Å². The van der Waals surface area contributed by atoms with Crippen LogP contribution in [0, 0.1) is 0 Å². The first-order valence-corrected chi connectivity index (χ1v) is 13.0. The number of aromatic nitrogens is 4. The minimum atomic E-state index is -0.280. The van der Waals surface area contributed by atoms with Gasteiger partial charge in [-0.15, -0.1) is 0 Å². The van der Waals surface area contributed by atoms with E-state index < -0.39 is 0 Å². The zero-order valence-corrected chi connectivity index (χ0v) is 21.2. The Labute approximate surface area is 221 Å². The van der Waals surface area contributed by atoms with E-state index >= 15 is 0 Å². The maximum Gasteiger partial charge on any atom is 0.276 e. The van der Waals surface area contributed by atoms with Gasteiger partial charge >= 0.3 is 0 Å². The number of benzene rings is 1. The molecule has 2 aliphatic heterocycles. The average molecular weight is 514 g/mol. The summed E-state index contributed by atoms with van der Waals surface area (Å²) in [6.07, 6.45) is 7.26. The second-order valence-electron chi connectivity index (χ2n) is 9.73. The Morgan fingerprint density at radius 1 is 0.816 bits per heavy atom. The molecule has 0 aliphatic carbocycles. The van der Waals surface area contributed by atoms with Gasteiger partial charge in [-0.25, -0.2) is 0 Å². The lowest BCUT2D eigenvalue weighted by Gasteiger charge is -2.26. The molecule has 2 N–H and O–H groups in total. The van der Waals surface area contributed by atoms with Crippen molar-refractivity contribution in [3.05, 3.63) is 71.9 Å². The van der Waals surface area contributed by atoms with Crippen LogP contribution in [-0.4, -0.2) is 88.5 Å². The zero-order valence-electron chi connectivity index (χ0n) is 21.2. The molecule has 0 spiro atoms. The number of hydrogen-bond acceptors (Lipinski definition) is 8. The van der Waals surface area contributed by atoms with Gasteiger partial charge in [-0.05, 0) is 41.0 Å². The lowest BCUT2D eigenvalue weighted by atomic mass is 10.0. The summed E-state index contributed by atoms with van der Waals surface area (Å²) in [6, 6.07) is 10.1. The van der Waals surface area contributed by atoms with Gasteiger partial charge in [-0.2, -0.15) is 5.10 Å². The van der Waals surface area contributed by atoms with E-state index in [9.17, 15) is 4.79 Å². The molecule has 38 heavy (non-hydrogen) atoms. The SMILES string of the molecule is O=C(Nc1cncc(CN2CCOCC2)c1)c1n[nH]c2ccc(-c3cncc(CN4CCOCC4)c3)cc12. The predicted molar refractivity (Wildman–Crippen MR) is 144 cm³/mol. The molecule has 1 amide bonds. The number of amides is 1. The lowest BCUT2D eigenvalue weighted by molar-refractivity contribution is 0.0341. The van der Waals surface area contributed by atoms with Gasteiger partial charge in [0.15, 0.2) is 5.69 Å². The Balaban J connectivity index is 1.19. The van der Waals surface area contributed by atoms with Gasteiger partial charge in [0.05, 0.1) is 43.8 Å². The van der Waals surface area contributed by atoms with Crippen LogP contribution in [0.5, 0.6) is 0 Å². The number of anilines is 1. The van der Waals surface area contributed by atoms with Crippen molar-refractivity contribution in [1.29, 1.82) is 0 Å². The maximum atomic E-state index is 13.2. The molecule has 4 aromatic rings. The third kappa shape index (κ3) is 5.73. The highest BCUT2D eigenvalue weighted by atomic mass is 16.5. The summed E-state index contributed by atoms with van der Waals surface area (Å²) in [5.41, 5.74) is 5.98. The highest BCUT2D eigenvalue weighted by molar-refractivity contribution is 6.11. The standard InChI is InChI=1S/C28H31N7O3/c36-28(31-24-12-21(15-30-17-24)19-35-5-9-38-10-6-35)27-25-13-22(1-2-26(25)32-33-27)23-11-20(14-29-16-23)18-34-3-7-37-8-4-34/h1-2,11-17H,3-10,18-19H2,(H,31,36)(H,32,33). The smallest absolute Gasteiger partial charge is 0.276 e. The fourth-order valence-corrected chi connectivity index (χ4v) is 4.97. The first kappa shape index (κ1) is 24.6. The minimum Gasteiger partial charge on any atom is -0.379 e. The highest BCUT2D eigenvalue weighted by Gasteiger charge is 2.17. The molecule has 2 aliphatic rings. The van der Waals surface area contributed by atoms with E-state index in [-0.39, 0.29) is 5.91 Å². The van der Waals surface area contributed by atoms with Crippen molar-refractivity contribution in [3.8, 4) is 11.1 Å². The number of carbonyl (C=O) groups is 1. The van der Waals surface area contributed by atoms with Crippen LogP contribution < -0.4 is 5.32 Å². The number of rotatable bonds is 7. The predicted octanol–water partition coefficient (Wildman–Crippen LogP) is 2.94. The van der Waals surface area contributed by atoms with E-state index in [0.717, 1.165) is 98.9 Å². The van der Waals surface area contributed by atoms with Crippen molar-refractivity contribution in [3.63, 3.8) is 0 Å². The van der Waals surface area contributed by atoms with Gasteiger partial charge in [0.25, 0.3) is 5.91 Å². The van der Waals surface area contributed by atoms with Gasteiger partial charge in [-0.1, -0.05) is 6.07 Å². The van der Waals surface area contributed by atoms with Gasteiger partial charge in [0.1, 0.15) is 0 Å². The normalized spacial score (nSPS) is 17.1. The maximum absolute atomic E-state index is 13.2. The van der Waals surface area contributed by atoms with Crippen LogP contribution in [0.2, 0.25) is 0 Å². The third-order valence-corrected chi connectivity index (χ3v) is 6.98. The topological polar surface area (TPSA) is 109 Å². The van der Waals surface area contributed by atoms with Crippen molar-refractivity contribution in [2.24, 2.45) is 0 Å². The third-order valence-electron chi connectivity index (χ3n) is 6.98. The van der Waals surface area contributed by atoms with Crippen LogP contribution in [0.3, 0.4) is 0 Å². The monoisotopic (exact) mass is 513 g/mol. The summed E-state index contributed by atoms with van der Waals surface area (Å²) in [7, 11) is 0. The average Bonchev–Trinajstić information content (AvgIpc) is 3.38. The summed E-state index contributed by atoms with van der Waals surface area (Å²) < 4.78 is 10.9. The Hall–Kier alpha value is -3.70. The van der Waals surface area contributed by atoms with Crippen LogP contribution in [0.15, 0.2) is 55.1 Å². The molecule has 6 rings (SSSR count). The van der Waals surface area contributed by atoms with E-state index in [1.165, 1.54) is 0 Å². The van der Waals surface area contributed by atoms with Crippen LogP contribution in [0.1, 0.15) is 21.6 Å². The molecule has 0 atom stereocenters. The van der Waals surface area contributed by atoms with Crippen LogP contribution in [0.25, 0.3) is 22.0 Å². The summed E-state index contributed by atoms with van der Waals surface area (Å²) in [5, 5.41) is 11.0. The summed E-state index contributed by atoms with van der Waals surface area (Å²) >= 11 is 0. The largest absolute Gasteiger partial charge is 0.379 e. The molecular weight excluding hydrogens is 482 g/mol. The van der Waals surface area contributed by atoms with Crippen molar-refractivity contribution < 1.29 is 14.3 Å². The Bertz CT molecular complexity index is 1410. The molecule has 10 nitrogen and oxygen atoms in total. The van der Waals surface area contributed by atoms with E-state index in [4.69, 9.17) is 9.47 Å². The molecule has 5 heterocycles. The van der Waals surface area contributed by atoms with Crippen LogP contribution in [-0.2, 0) is 22.6 Å². The molecule has 3 aromatic heterocycles. The Kier molecular flexibility index (Phi) is 7.36. The number of H-pyrrole nitrogens is 1. The molecule has 0 bridgehead atoms. The summed E-state index contributed by atoms with van der Waals surface area (Å²) in [4.78, 5) is 26.7. The molecule has 196 valence electrons. The Morgan fingerprint density at radius 3 is 2.18 bits per heavy atom. The molecule has 10 heteroatoms. The van der Waals surface area contributed by atoms with Crippen LogP contribution >= 0.6 is 0 Å². The second-order valence-corrected chi connectivity index (χ2v) is 9.73. The minimum absolute atomic E-state index is 0.280.